The minimum atomic E-state index is -3.44. The molecule has 11 heteroatoms. The summed E-state index contributed by atoms with van der Waals surface area (Å²) in [5, 5.41) is 7.48. The number of esters is 1. The Morgan fingerprint density at radius 2 is 1.87 bits per heavy atom. The Morgan fingerprint density at radius 1 is 1.20 bits per heavy atom. The number of alkyl halides is 2. The fourth-order valence-electron chi connectivity index (χ4n) is 3.38. The van der Waals surface area contributed by atoms with Gasteiger partial charge in [-0.15, -0.1) is 5.10 Å². The maximum atomic E-state index is 15.1. The van der Waals surface area contributed by atoms with Crippen molar-refractivity contribution >= 4 is 11.9 Å². The van der Waals surface area contributed by atoms with E-state index in [-0.39, 0.29) is 25.1 Å². The van der Waals surface area contributed by atoms with Crippen molar-refractivity contribution in [3.63, 3.8) is 0 Å². The fraction of sp³-hybridized carbons (Fsp3) is 0.789. The van der Waals surface area contributed by atoms with Gasteiger partial charge in [0.15, 0.2) is 5.69 Å². The lowest BCUT2D eigenvalue weighted by Gasteiger charge is -2.36. The molecular weight excluding hydrogens is 402 g/mol. The van der Waals surface area contributed by atoms with Gasteiger partial charge in [0.05, 0.1) is 25.2 Å². The van der Waals surface area contributed by atoms with Crippen LogP contribution in [0.4, 0.5) is 8.78 Å². The minimum absolute atomic E-state index is 0.133. The van der Waals surface area contributed by atoms with Gasteiger partial charge in [-0.2, -0.15) is 8.78 Å². The SMILES string of the molecule is CCn1nnc2c1[C@H](OC)[C@@H](OC)CN(C(=O)CCC(=O)OC(C)(C)C)CC2(F)F. The van der Waals surface area contributed by atoms with Crippen molar-refractivity contribution in [2.24, 2.45) is 0 Å². The molecule has 9 nitrogen and oxygen atoms in total. The monoisotopic (exact) mass is 432 g/mol. The van der Waals surface area contributed by atoms with Crippen molar-refractivity contribution in [1.82, 2.24) is 19.9 Å². The zero-order chi connectivity index (χ0) is 22.7. The second kappa shape index (κ2) is 9.34. The van der Waals surface area contributed by atoms with E-state index < -0.39 is 47.8 Å². The van der Waals surface area contributed by atoms with Gasteiger partial charge in [-0.25, -0.2) is 4.68 Å². The lowest BCUT2D eigenvalue weighted by atomic mass is 10.00. The molecule has 0 aliphatic carbocycles. The predicted molar refractivity (Wildman–Crippen MR) is 102 cm³/mol. The van der Waals surface area contributed by atoms with Gasteiger partial charge >= 0.3 is 11.9 Å². The predicted octanol–water partition coefficient (Wildman–Crippen LogP) is 2.06. The van der Waals surface area contributed by atoms with Crippen LogP contribution >= 0.6 is 0 Å². The molecule has 2 heterocycles. The van der Waals surface area contributed by atoms with Crippen molar-refractivity contribution < 1.29 is 32.6 Å². The molecule has 0 saturated carbocycles. The molecule has 2 atom stereocenters. The summed E-state index contributed by atoms with van der Waals surface area (Å²) in [6.45, 7) is 6.18. The number of aromatic nitrogens is 3. The summed E-state index contributed by atoms with van der Waals surface area (Å²) in [6.07, 6.45) is -2.08. The Morgan fingerprint density at radius 3 is 2.40 bits per heavy atom. The molecule has 0 fully saturated rings. The number of hydrogen-bond acceptors (Lipinski definition) is 7. The summed E-state index contributed by atoms with van der Waals surface area (Å²) >= 11 is 0. The molecule has 2 rings (SSSR count). The molecule has 0 saturated heterocycles. The average molecular weight is 432 g/mol. The average Bonchev–Trinajstić information content (AvgIpc) is 3.07. The van der Waals surface area contributed by atoms with Crippen molar-refractivity contribution in [2.45, 2.75) is 70.8 Å². The topological polar surface area (TPSA) is 95.8 Å². The van der Waals surface area contributed by atoms with Crippen molar-refractivity contribution in [3.8, 4) is 0 Å². The van der Waals surface area contributed by atoms with Gasteiger partial charge in [-0.1, -0.05) is 5.21 Å². The Bertz CT molecular complexity index is 763. The van der Waals surface area contributed by atoms with E-state index in [0.717, 1.165) is 4.90 Å². The molecule has 170 valence electrons. The number of hydrogen-bond donors (Lipinski definition) is 0. The zero-order valence-corrected chi connectivity index (χ0v) is 18.3. The molecule has 1 amide bonds. The summed E-state index contributed by atoms with van der Waals surface area (Å²) in [4.78, 5) is 25.6. The highest BCUT2D eigenvalue weighted by Gasteiger charge is 2.47. The van der Waals surface area contributed by atoms with Crippen molar-refractivity contribution in [3.05, 3.63) is 11.4 Å². The van der Waals surface area contributed by atoms with E-state index in [0.29, 0.717) is 6.54 Å². The number of halogens is 2. The van der Waals surface area contributed by atoms with E-state index >= 15 is 8.78 Å². The second-order valence-corrected chi connectivity index (χ2v) is 8.13. The van der Waals surface area contributed by atoms with Crippen LogP contribution in [0.1, 0.15) is 58.0 Å². The van der Waals surface area contributed by atoms with Crippen LogP contribution in [0, 0.1) is 0 Å². The van der Waals surface area contributed by atoms with E-state index in [4.69, 9.17) is 14.2 Å². The van der Waals surface area contributed by atoms with Crippen LogP contribution in [0.2, 0.25) is 0 Å². The van der Waals surface area contributed by atoms with Crippen LogP contribution in [-0.2, 0) is 36.3 Å². The van der Waals surface area contributed by atoms with Gasteiger partial charge in [-0.3, -0.25) is 9.59 Å². The number of methoxy groups -OCH3 is 2. The van der Waals surface area contributed by atoms with E-state index in [2.05, 4.69) is 10.3 Å². The highest BCUT2D eigenvalue weighted by Crippen LogP contribution is 2.38. The van der Waals surface area contributed by atoms with Gasteiger partial charge in [0.2, 0.25) is 5.91 Å². The normalized spacial score (nSPS) is 21.5. The molecule has 0 radical (unpaired) electrons. The molecule has 1 aromatic rings. The first-order valence-electron chi connectivity index (χ1n) is 9.80. The van der Waals surface area contributed by atoms with Gasteiger partial charge in [0.1, 0.15) is 17.8 Å². The van der Waals surface area contributed by atoms with Gasteiger partial charge in [0, 0.05) is 27.2 Å². The maximum Gasteiger partial charge on any atom is 0.310 e. The number of nitrogens with zero attached hydrogens (tertiary/aromatic N) is 4. The summed E-state index contributed by atoms with van der Waals surface area (Å²) in [5.74, 6) is -4.62. The van der Waals surface area contributed by atoms with Crippen LogP contribution < -0.4 is 0 Å². The Hall–Kier alpha value is -2.14. The van der Waals surface area contributed by atoms with E-state index in [1.165, 1.54) is 18.9 Å². The van der Waals surface area contributed by atoms with Crippen LogP contribution in [0.5, 0.6) is 0 Å². The van der Waals surface area contributed by atoms with Crippen LogP contribution in [0.3, 0.4) is 0 Å². The van der Waals surface area contributed by atoms with Crippen LogP contribution in [0.15, 0.2) is 0 Å². The molecule has 0 bridgehead atoms. The molecule has 0 unspecified atom stereocenters. The summed E-state index contributed by atoms with van der Waals surface area (Å²) in [7, 11) is 2.79. The largest absolute Gasteiger partial charge is 0.460 e. The number of fused-ring (bicyclic) bond motifs is 1. The number of rotatable bonds is 6. The third kappa shape index (κ3) is 5.51. The maximum absolute atomic E-state index is 15.1. The molecular formula is C19H30F2N4O5. The fourth-order valence-corrected chi connectivity index (χ4v) is 3.38. The summed E-state index contributed by atoms with van der Waals surface area (Å²) in [5.41, 5.74) is -1.09. The number of aryl methyl sites for hydroxylation is 1. The quantitative estimate of drug-likeness (QED) is 0.635. The van der Waals surface area contributed by atoms with Gasteiger partial charge < -0.3 is 19.1 Å². The van der Waals surface area contributed by atoms with Crippen LogP contribution in [0.25, 0.3) is 0 Å². The number of carbonyl (C=O) groups excluding carboxylic acids is 2. The smallest absolute Gasteiger partial charge is 0.310 e. The Labute approximate surface area is 174 Å². The third-order valence-electron chi connectivity index (χ3n) is 4.69. The first-order chi connectivity index (χ1) is 13.9. The number of ether oxygens (including phenoxy) is 3. The molecule has 0 N–H and O–H groups in total. The first kappa shape index (κ1) is 24.1. The lowest BCUT2D eigenvalue weighted by Crippen LogP contribution is -2.48. The lowest BCUT2D eigenvalue weighted by molar-refractivity contribution is -0.157. The minimum Gasteiger partial charge on any atom is -0.460 e. The molecule has 1 aromatic heterocycles. The molecule has 1 aliphatic rings. The zero-order valence-electron chi connectivity index (χ0n) is 18.3. The Balaban J connectivity index is 2.27. The van der Waals surface area contributed by atoms with Gasteiger partial charge in [0.25, 0.3) is 0 Å². The number of carbonyl (C=O) groups is 2. The molecule has 0 aromatic carbocycles. The van der Waals surface area contributed by atoms with Crippen molar-refractivity contribution in [1.29, 1.82) is 0 Å². The van der Waals surface area contributed by atoms with E-state index in [9.17, 15) is 9.59 Å². The summed E-state index contributed by atoms with van der Waals surface area (Å²) < 4.78 is 47.6. The standard InChI is InChI=1S/C19H30F2N4O5/c1-7-25-15-16(29-6)12(28-5)10-24(11-19(20,21)17(15)22-23-25)13(26)8-9-14(27)30-18(2,3)4/h12,16H,7-11H2,1-6H3/t12-,16+/m0/s1. The van der Waals surface area contributed by atoms with E-state index in [1.54, 1.807) is 27.7 Å². The second-order valence-electron chi connectivity index (χ2n) is 8.13. The molecule has 30 heavy (non-hydrogen) atoms. The highest BCUT2D eigenvalue weighted by atomic mass is 19.3. The van der Waals surface area contributed by atoms with Crippen LogP contribution in [-0.4, -0.2) is 70.8 Å². The highest BCUT2D eigenvalue weighted by molar-refractivity contribution is 5.81. The number of amides is 1. The molecule has 0 spiro atoms. The molecule has 1 aliphatic heterocycles. The van der Waals surface area contributed by atoms with Crippen molar-refractivity contribution in [2.75, 3.05) is 27.3 Å². The summed E-state index contributed by atoms with van der Waals surface area (Å²) in [6, 6.07) is 0. The first-order valence-corrected chi connectivity index (χ1v) is 9.80. The third-order valence-corrected chi connectivity index (χ3v) is 4.69. The van der Waals surface area contributed by atoms with E-state index in [1.807, 2.05) is 0 Å². The van der Waals surface area contributed by atoms with Gasteiger partial charge in [-0.05, 0) is 27.7 Å². The Kier molecular flexibility index (Phi) is 7.51.